The van der Waals surface area contributed by atoms with Crippen molar-refractivity contribution in [3.8, 4) is 5.75 Å². The number of aliphatic carboxylic acids is 1. The minimum Gasteiger partial charge on any atom is -0.495 e. The molecule has 3 aromatic carbocycles. The molecule has 2 atom stereocenters. The van der Waals surface area contributed by atoms with E-state index in [1.807, 2.05) is 55.5 Å². The highest BCUT2D eigenvalue weighted by atomic mass is 16.5. The minimum atomic E-state index is -1.61. The first-order valence-corrected chi connectivity index (χ1v) is 13.4. The Balaban J connectivity index is 1.69. The molecule has 42 heavy (non-hydrogen) atoms. The summed E-state index contributed by atoms with van der Waals surface area (Å²) in [7, 11) is 1.46. The maximum Gasteiger partial charge on any atom is 0.323 e. The number of rotatable bonds is 10. The standard InChI is InChI=1S/C33H34N4O5/c1-22-11-7-8-15-27(22)35-32(41)36-28-17-16-25(19-30(28)42-3)33(34,23(2)38)26-14-9-10-18-37(21-26)29(20-31(39)40)24-12-5-4-6-13-24/h4-19,21,29H,20,34H2,1-3H3,(H,39,40)(H2,35,36,41). The van der Waals surface area contributed by atoms with Gasteiger partial charge in [-0.15, -0.1) is 0 Å². The largest absolute Gasteiger partial charge is 0.495 e. The number of hydrogen-bond acceptors (Lipinski definition) is 6. The van der Waals surface area contributed by atoms with Crippen LogP contribution in [0.5, 0.6) is 5.75 Å². The quantitative estimate of drug-likeness (QED) is 0.241. The van der Waals surface area contributed by atoms with Gasteiger partial charge in [-0.05, 0) is 54.8 Å². The number of methoxy groups -OCH3 is 1. The Labute approximate surface area is 245 Å². The SMILES string of the molecule is COc1cc(C(N)(C(C)=O)C2=CN(C(CC(=O)O)c3ccccc3)C=CC=C2)ccc1NC(=O)Nc1ccccc1C. The Morgan fingerprint density at radius 2 is 1.67 bits per heavy atom. The lowest BCUT2D eigenvalue weighted by Gasteiger charge is -2.33. The van der Waals surface area contributed by atoms with Crippen LogP contribution in [-0.2, 0) is 15.1 Å². The van der Waals surface area contributed by atoms with Gasteiger partial charge in [0.05, 0.1) is 25.3 Å². The highest BCUT2D eigenvalue weighted by molar-refractivity contribution is 6.01. The van der Waals surface area contributed by atoms with Crippen LogP contribution in [0.4, 0.5) is 16.2 Å². The zero-order chi connectivity index (χ0) is 30.3. The molecule has 1 aliphatic rings. The minimum absolute atomic E-state index is 0.172. The van der Waals surface area contributed by atoms with Crippen molar-refractivity contribution >= 4 is 29.2 Å². The molecule has 2 amide bonds. The number of urea groups is 1. The van der Waals surface area contributed by atoms with Crippen LogP contribution in [0.1, 0.15) is 36.1 Å². The molecule has 0 saturated carbocycles. The first kappa shape index (κ1) is 29.8. The van der Waals surface area contributed by atoms with Crippen LogP contribution in [-0.4, -0.2) is 34.9 Å². The predicted octanol–water partition coefficient (Wildman–Crippen LogP) is 5.88. The van der Waals surface area contributed by atoms with Gasteiger partial charge in [0.15, 0.2) is 5.78 Å². The molecule has 1 heterocycles. The van der Waals surface area contributed by atoms with Gasteiger partial charge in [-0.25, -0.2) is 4.79 Å². The molecule has 4 rings (SSSR count). The summed E-state index contributed by atoms with van der Waals surface area (Å²) < 4.78 is 5.57. The molecule has 0 fully saturated rings. The fourth-order valence-electron chi connectivity index (χ4n) is 4.82. The number of nitrogens with one attached hydrogen (secondary N) is 2. The number of ether oxygens (including phenoxy) is 1. The molecule has 1 aliphatic heterocycles. The first-order valence-electron chi connectivity index (χ1n) is 13.4. The van der Waals surface area contributed by atoms with Crippen molar-refractivity contribution in [2.75, 3.05) is 17.7 Å². The van der Waals surface area contributed by atoms with E-state index < -0.39 is 23.6 Å². The molecule has 9 heteroatoms. The number of ketones is 1. The molecular weight excluding hydrogens is 532 g/mol. The van der Waals surface area contributed by atoms with E-state index >= 15 is 0 Å². The van der Waals surface area contributed by atoms with E-state index in [1.165, 1.54) is 14.0 Å². The Bertz CT molecular complexity index is 1560. The van der Waals surface area contributed by atoms with E-state index in [2.05, 4.69) is 10.6 Å². The lowest BCUT2D eigenvalue weighted by Crippen LogP contribution is -2.45. The number of allylic oxidation sites excluding steroid dienone is 2. The monoisotopic (exact) mass is 566 g/mol. The summed E-state index contributed by atoms with van der Waals surface area (Å²) in [6.07, 6.45) is 8.54. The molecule has 0 spiro atoms. The molecule has 216 valence electrons. The summed E-state index contributed by atoms with van der Waals surface area (Å²) in [4.78, 5) is 39.5. The number of nitrogens with two attached hydrogens (primary N) is 1. The van der Waals surface area contributed by atoms with Crippen molar-refractivity contribution in [1.82, 2.24) is 4.90 Å². The normalized spacial score (nSPS) is 14.7. The van der Waals surface area contributed by atoms with Crippen LogP contribution in [0.2, 0.25) is 0 Å². The zero-order valence-electron chi connectivity index (χ0n) is 23.7. The van der Waals surface area contributed by atoms with E-state index in [0.717, 1.165) is 11.1 Å². The van der Waals surface area contributed by atoms with Gasteiger partial charge >= 0.3 is 12.0 Å². The van der Waals surface area contributed by atoms with Crippen molar-refractivity contribution in [1.29, 1.82) is 0 Å². The maximum absolute atomic E-state index is 13.2. The van der Waals surface area contributed by atoms with E-state index in [0.29, 0.717) is 28.3 Å². The molecule has 0 radical (unpaired) electrons. The van der Waals surface area contributed by atoms with Crippen molar-refractivity contribution < 1.29 is 24.2 Å². The van der Waals surface area contributed by atoms with Crippen LogP contribution >= 0.6 is 0 Å². The van der Waals surface area contributed by atoms with Crippen molar-refractivity contribution in [3.05, 3.63) is 126 Å². The average Bonchev–Trinajstić information content (AvgIpc) is 3.24. The molecular formula is C33H34N4O5. The Morgan fingerprint density at radius 3 is 2.33 bits per heavy atom. The fraction of sp³-hybridized carbons (Fsp3) is 0.182. The van der Waals surface area contributed by atoms with Crippen LogP contribution in [0.3, 0.4) is 0 Å². The second-order valence-corrected chi connectivity index (χ2v) is 9.93. The number of aryl methyl sites for hydroxylation is 1. The molecule has 0 bridgehead atoms. The first-order chi connectivity index (χ1) is 20.1. The highest BCUT2D eigenvalue weighted by Crippen LogP contribution is 2.37. The summed E-state index contributed by atoms with van der Waals surface area (Å²) >= 11 is 0. The zero-order valence-corrected chi connectivity index (χ0v) is 23.7. The van der Waals surface area contributed by atoms with Gasteiger partial charge in [0.1, 0.15) is 11.3 Å². The van der Waals surface area contributed by atoms with E-state index in [1.54, 1.807) is 59.8 Å². The topological polar surface area (TPSA) is 134 Å². The third-order valence-electron chi connectivity index (χ3n) is 7.15. The van der Waals surface area contributed by atoms with Gasteiger partial charge in [0.25, 0.3) is 0 Å². The molecule has 2 unspecified atom stereocenters. The Morgan fingerprint density at radius 1 is 0.976 bits per heavy atom. The maximum atomic E-state index is 13.2. The van der Waals surface area contributed by atoms with Crippen LogP contribution in [0.25, 0.3) is 0 Å². The third kappa shape index (κ3) is 6.59. The smallest absolute Gasteiger partial charge is 0.323 e. The number of anilines is 2. The number of carbonyl (C=O) groups is 3. The number of carboxylic acid groups (broad SMARTS) is 1. The summed E-state index contributed by atoms with van der Waals surface area (Å²) in [6, 6.07) is 20.6. The Hall–Kier alpha value is -5.15. The van der Waals surface area contributed by atoms with Crippen LogP contribution < -0.4 is 21.1 Å². The predicted molar refractivity (Wildman–Crippen MR) is 163 cm³/mol. The summed E-state index contributed by atoms with van der Waals surface area (Å²) in [6.45, 7) is 3.29. The van der Waals surface area contributed by atoms with Crippen molar-refractivity contribution in [2.24, 2.45) is 5.73 Å². The highest BCUT2D eigenvalue weighted by Gasteiger charge is 2.38. The van der Waals surface area contributed by atoms with E-state index in [4.69, 9.17) is 10.5 Å². The number of carbonyl (C=O) groups excluding carboxylic acids is 2. The van der Waals surface area contributed by atoms with Gasteiger partial charge in [-0.1, -0.05) is 66.7 Å². The second-order valence-electron chi connectivity index (χ2n) is 9.93. The number of hydrogen-bond donors (Lipinski definition) is 4. The van der Waals surface area contributed by atoms with Crippen LogP contribution in [0, 0.1) is 6.92 Å². The van der Waals surface area contributed by atoms with Gasteiger partial charge in [-0.2, -0.15) is 0 Å². The summed E-state index contributed by atoms with van der Waals surface area (Å²) in [5, 5.41) is 15.3. The molecule has 0 aromatic heterocycles. The molecule has 9 nitrogen and oxygen atoms in total. The van der Waals surface area contributed by atoms with Gasteiger partial charge in [0.2, 0.25) is 0 Å². The van der Waals surface area contributed by atoms with Gasteiger partial charge in [-0.3, -0.25) is 9.59 Å². The number of amides is 2. The van der Waals surface area contributed by atoms with E-state index in [9.17, 15) is 19.5 Å². The average molecular weight is 567 g/mol. The lowest BCUT2D eigenvalue weighted by molar-refractivity contribution is -0.138. The number of carboxylic acids is 1. The lowest BCUT2D eigenvalue weighted by atomic mass is 9.80. The van der Waals surface area contributed by atoms with E-state index in [-0.39, 0.29) is 12.2 Å². The summed E-state index contributed by atoms with van der Waals surface area (Å²) in [5.74, 6) is -0.992. The molecule has 0 aliphatic carbocycles. The van der Waals surface area contributed by atoms with Gasteiger partial charge in [0, 0.05) is 23.7 Å². The fourth-order valence-corrected chi connectivity index (χ4v) is 4.82. The van der Waals surface area contributed by atoms with Crippen molar-refractivity contribution in [3.63, 3.8) is 0 Å². The number of para-hydroxylation sites is 1. The van der Waals surface area contributed by atoms with Crippen molar-refractivity contribution in [2.45, 2.75) is 31.8 Å². The van der Waals surface area contributed by atoms with Crippen LogP contribution in [0.15, 0.2) is 109 Å². The second kappa shape index (κ2) is 13.0. The summed E-state index contributed by atoms with van der Waals surface area (Å²) in [5.41, 5.74) is 8.95. The third-order valence-corrected chi connectivity index (χ3v) is 7.15. The number of Topliss-reactive ketones (excluding diaryl/α,β-unsaturated/α-hetero) is 1. The molecule has 5 N–H and O–H groups in total. The molecule has 0 saturated heterocycles. The number of benzene rings is 3. The Kier molecular flexibility index (Phi) is 9.24. The molecule has 3 aromatic rings. The number of nitrogens with zero attached hydrogens (tertiary/aromatic N) is 1. The van der Waals surface area contributed by atoms with Gasteiger partial charge < -0.3 is 31.1 Å².